The maximum Gasteiger partial charge on any atom is 0.349 e. The van der Waals surface area contributed by atoms with E-state index >= 15 is 0 Å². The minimum Gasteiger partial charge on any atom is -0.465 e. The third-order valence-corrected chi connectivity index (χ3v) is 6.03. The van der Waals surface area contributed by atoms with Crippen molar-refractivity contribution < 1.29 is 22.3 Å². The molecule has 0 bridgehead atoms. The van der Waals surface area contributed by atoms with E-state index in [2.05, 4.69) is 4.72 Å². The summed E-state index contributed by atoms with van der Waals surface area (Å²) in [5, 5.41) is 0.428. The molecule has 1 N–H and O–H groups in total. The molecule has 24 heavy (non-hydrogen) atoms. The monoisotopic (exact) mass is 365 g/mol. The van der Waals surface area contributed by atoms with Gasteiger partial charge in [-0.1, -0.05) is 18.2 Å². The average Bonchev–Trinajstić information content (AvgIpc) is 2.96. The number of sulfonamides is 1. The molecule has 0 unspecified atom stereocenters. The van der Waals surface area contributed by atoms with Gasteiger partial charge < -0.3 is 4.74 Å². The van der Waals surface area contributed by atoms with Crippen LogP contribution in [0, 0.1) is 5.82 Å². The van der Waals surface area contributed by atoms with Crippen molar-refractivity contribution >= 4 is 43.1 Å². The summed E-state index contributed by atoms with van der Waals surface area (Å²) in [5.41, 5.74) is 0.197. The van der Waals surface area contributed by atoms with E-state index < -0.39 is 21.8 Å². The SMILES string of the molecule is COC(=O)c1sc2ccccc2c1S(=O)(=O)Nc1ccc(F)cc1. The lowest BCUT2D eigenvalue weighted by Gasteiger charge is -2.09. The lowest BCUT2D eigenvalue weighted by Crippen LogP contribution is -2.16. The van der Waals surface area contributed by atoms with Crippen LogP contribution in [0.4, 0.5) is 10.1 Å². The minimum absolute atomic E-state index is 0.00619. The number of benzene rings is 2. The molecule has 2 aromatic carbocycles. The minimum atomic E-state index is -4.06. The quantitative estimate of drug-likeness (QED) is 0.717. The maximum atomic E-state index is 13.0. The first kappa shape index (κ1) is 16.4. The van der Waals surface area contributed by atoms with Gasteiger partial charge in [0.15, 0.2) is 0 Å². The number of esters is 1. The van der Waals surface area contributed by atoms with Crippen molar-refractivity contribution in [2.45, 2.75) is 4.90 Å². The molecule has 0 aliphatic carbocycles. The fourth-order valence-corrected chi connectivity index (χ4v) is 5.12. The Morgan fingerprint density at radius 1 is 1.12 bits per heavy atom. The summed E-state index contributed by atoms with van der Waals surface area (Å²) in [6, 6.07) is 11.7. The fourth-order valence-electron chi connectivity index (χ4n) is 2.24. The van der Waals surface area contributed by atoms with E-state index in [0.29, 0.717) is 10.1 Å². The number of thiophene rings is 1. The van der Waals surface area contributed by atoms with Crippen molar-refractivity contribution in [3.05, 3.63) is 59.2 Å². The van der Waals surface area contributed by atoms with Crippen molar-refractivity contribution in [1.82, 2.24) is 0 Å². The number of methoxy groups -OCH3 is 1. The highest BCUT2D eigenvalue weighted by atomic mass is 32.2. The Hall–Kier alpha value is -2.45. The molecule has 0 fully saturated rings. The molecular weight excluding hydrogens is 353 g/mol. The summed E-state index contributed by atoms with van der Waals surface area (Å²) in [5.74, 6) is -1.20. The molecule has 1 aromatic heterocycles. The summed E-state index contributed by atoms with van der Waals surface area (Å²) < 4.78 is 46.3. The van der Waals surface area contributed by atoms with Crippen molar-refractivity contribution in [2.75, 3.05) is 11.8 Å². The first-order valence-electron chi connectivity index (χ1n) is 6.80. The molecule has 8 heteroatoms. The molecule has 0 radical (unpaired) electrons. The Labute approximate surface area is 141 Å². The van der Waals surface area contributed by atoms with Gasteiger partial charge in [-0.2, -0.15) is 0 Å². The van der Waals surface area contributed by atoms with Crippen molar-refractivity contribution in [2.24, 2.45) is 0 Å². The highest BCUT2D eigenvalue weighted by molar-refractivity contribution is 7.93. The predicted octanol–water partition coefficient (Wildman–Crippen LogP) is 3.63. The van der Waals surface area contributed by atoms with E-state index in [4.69, 9.17) is 4.74 Å². The van der Waals surface area contributed by atoms with E-state index in [1.807, 2.05) is 0 Å². The number of fused-ring (bicyclic) bond motifs is 1. The Morgan fingerprint density at radius 2 is 1.79 bits per heavy atom. The number of anilines is 1. The van der Waals surface area contributed by atoms with Crippen molar-refractivity contribution in [3.8, 4) is 0 Å². The molecule has 0 spiro atoms. The van der Waals surface area contributed by atoms with Crippen LogP contribution < -0.4 is 4.72 Å². The highest BCUT2D eigenvalue weighted by Gasteiger charge is 2.29. The maximum absolute atomic E-state index is 13.0. The van der Waals surface area contributed by atoms with Gasteiger partial charge in [-0.15, -0.1) is 11.3 Å². The number of hydrogen-bond acceptors (Lipinski definition) is 5. The van der Waals surface area contributed by atoms with E-state index in [-0.39, 0.29) is 15.5 Å². The first-order valence-corrected chi connectivity index (χ1v) is 9.10. The molecule has 3 rings (SSSR count). The third kappa shape index (κ3) is 2.98. The lowest BCUT2D eigenvalue weighted by molar-refractivity contribution is 0.0602. The topological polar surface area (TPSA) is 72.5 Å². The van der Waals surface area contributed by atoms with Gasteiger partial charge in [0.25, 0.3) is 10.0 Å². The Morgan fingerprint density at radius 3 is 2.46 bits per heavy atom. The number of halogens is 1. The molecule has 0 saturated carbocycles. The molecule has 0 saturated heterocycles. The number of nitrogens with one attached hydrogen (secondary N) is 1. The summed E-state index contributed by atoms with van der Waals surface area (Å²) in [4.78, 5) is 11.8. The molecule has 0 amide bonds. The van der Waals surface area contributed by atoms with Crippen LogP contribution in [0.15, 0.2) is 53.4 Å². The highest BCUT2D eigenvalue weighted by Crippen LogP contribution is 2.36. The van der Waals surface area contributed by atoms with Gasteiger partial charge >= 0.3 is 5.97 Å². The largest absolute Gasteiger partial charge is 0.465 e. The third-order valence-electron chi connectivity index (χ3n) is 3.29. The molecule has 1 heterocycles. The second-order valence-corrected chi connectivity index (χ2v) is 7.53. The number of rotatable bonds is 4. The first-order chi connectivity index (χ1) is 11.4. The summed E-state index contributed by atoms with van der Waals surface area (Å²) in [6.45, 7) is 0. The van der Waals surface area contributed by atoms with Crippen LogP contribution >= 0.6 is 11.3 Å². The molecule has 0 atom stereocenters. The predicted molar refractivity (Wildman–Crippen MR) is 90.4 cm³/mol. The molecule has 3 aromatic rings. The Balaban J connectivity index is 2.15. The number of carbonyl (C=O) groups excluding carboxylic acids is 1. The smallest absolute Gasteiger partial charge is 0.349 e. The van der Waals surface area contributed by atoms with Crippen molar-refractivity contribution in [1.29, 1.82) is 0 Å². The van der Waals surface area contributed by atoms with E-state index in [1.165, 1.54) is 19.2 Å². The molecule has 0 aliphatic rings. The second kappa shape index (κ2) is 6.21. The van der Waals surface area contributed by atoms with Crippen LogP contribution in [0.1, 0.15) is 9.67 Å². The van der Waals surface area contributed by atoms with Crippen LogP contribution in [0.2, 0.25) is 0 Å². The van der Waals surface area contributed by atoms with Gasteiger partial charge in [-0.05, 0) is 30.3 Å². The zero-order chi connectivity index (χ0) is 17.3. The zero-order valence-corrected chi connectivity index (χ0v) is 14.1. The van der Waals surface area contributed by atoms with Crippen molar-refractivity contribution in [3.63, 3.8) is 0 Å². The Kier molecular flexibility index (Phi) is 4.25. The molecule has 5 nitrogen and oxygen atoms in total. The number of hydrogen-bond donors (Lipinski definition) is 1. The lowest BCUT2D eigenvalue weighted by atomic mass is 10.2. The molecule has 124 valence electrons. The van der Waals surface area contributed by atoms with Crippen LogP contribution in [0.3, 0.4) is 0 Å². The van der Waals surface area contributed by atoms with Gasteiger partial charge in [-0.25, -0.2) is 17.6 Å². The Bertz CT molecular complexity index is 1010. The summed E-state index contributed by atoms with van der Waals surface area (Å²) in [6.07, 6.45) is 0. The normalized spacial score (nSPS) is 11.4. The van der Waals surface area contributed by atoms with E-state index in [0.717, 1.165) is 23.5 Å². The average molecular weight is 365 g/mol. The number of ether oxygens (including phenoxy) is 1. The number of carbonyl (C=O) groups is 1. The summed E-state index contributed by atoms with van der Waals surface area (Å²) in [7, 11) is -2.87. The molecule has 0 aliphatic heterocycles. The second-order valence-electron chi connectivity index (χ2n) is 4.86. The standard InChI is InChI=1S/C16H12FNO4S2/c1-22-16(19)14-15(12-4-2-3-5-13(12)23-14)24(20,21)18-11-8-6-10(17)7-9-11/h2-9,18H,1H3. The summed E-state index contributed by atoms with van der Waals surface area (Å²) >= 11 is 1.04. The van der Waals surface area contributed by atoms with E-state index in [1.54, 1.807) is 24.3 Å². The van der Waals surface area contributed by atoms with Gasteiger partial charge in [-0.3, -0.25) is 4.72 Å². The van der Waals surface area contributed by atoms with Crippen LogP contribution in [0.5, 0.6) is 0 Å². The van der Waals surface area contributed by atoms with Crippen LogP contribution in [-0.2, 0) is 14.8 Å². The van der Waals surface area contributed by atoms with E-state index in [9.17, 15) is 17.6 Å². The van der Waals surface area contributed by atoms with Gasteiger partial charge in [0.2, 0.25) is 0 Å². The van der Waals surface area contributed by atoms with Gasteiger partial charge in [0, 0.05) is 15.8 Å². The van der Waals surface area contributed by atoms with Gasteiger partial charge in [0.05, 0.1) is 7.11 Å². The molecular formula is C16H12FNO4S2. The fraction of sp³-hybridized carbons (Fsp3) is 0.0625. The van der Waals surface area contributed by atoms with Gasteiger partial charge in [0.1, 0.15) is 15.6 Å². The van der Waals surface area contributed by atoms with Crippen LogP contribution in [-0.4, -0.2) is 21.5 Å². The zero-order valence-electron chi connectivity index (χ0n) is 12.4. The van der Waals surface area contributed by atoms with Crippen LogP contribution in [0.25, 0.3) is 10.1 Å².